The molecule has 0 aliphatic heterocycles. The second kappa shape index (κ2) is 7.23. The maximum atomic E-state index is 12.1. The molecule has 3 nitrogen and oxygen atoms in total. The lowest BCUT2D eigenvalue weighted by Gasteiger charge is -2.25. The smallest absolute Gasteiger partial charge is 0.245 e. The van der Waals surface area contributed by atoms with Gasteiger partial charge >= 0.3 is 0 Å². The number of nitrogens with two attached hydrogens (primary N) is 1. The number of hydrogen-bond donors (Lipinski definition) is 1. The molecule has 0 fully saturated rings. The Kier molecular flexibility index (Phi) is 5.32. The third kappa shape index (κ3) is 4.28. The van der Waals surface area contributed by atoms with E-state index in [1.54, 1.807) is 0 Å². The number of carbonyl (C=O) groups excluding carboxylic acids is 1. The van der Waals surface area contributed by atoms with E-state index in [-0.39, 0.29) is 0 Å². The molecule has 0 aromatic heterocycles. The molecular weight excluding hydrogens is 284 g/mol. The second-order valence-corrected chi connectivity index (χ2v) is 6.43. The van der Waals surface area contributed by atoms with Gasteiger partial charge in [0.1, 0.15) is 5.54 Å². The quantitative estimate of drug-likeness (QED) is 0.810. The monoisotopic (exact) mass is 308 g/mol. The predicted octanol–water partition coefficient (Wildman–Crippen LogP) is 3.81. The summed E-state index contributed by atoms with van der Waals surface area (Å²) in [5.41, 5.74) is 7.52. The maximum Gasteiger partial charge on any atom is 0.245 e. The van der Waals surface area contributed by atoms with Crippen molar-refractivity contribution >= 4 is 11.6 Å². The molecule has 23 heavy (non-hydrogen) atoms. The molecule has 0 saturated carbocycles. The SMILES string of the molecule is CC(C)CC(C)(N=C(c1ccccc1)c1ccccc1)C(N)=O. The fourth-order valence-electron chi connectivity index (χ4n) is 2.73. The summed E-state index contributed by atoms with van der Waals surface area (Å²) in [4.78, 5) is 16.9. The van der Waals surface area contributed by atoms with Crippen LogP contribution in [0, 0.1) is 5.92 Å². The van der Waals surface area contributed by atoms with E-state index in [9.17, 15) is 4.79 Å². The van der Waals surface area contributed by atoms with Crippen LogP contribution in [-0.2, 0) is 4.79 Å². The fourth-order valence-corrected chi connectivity index (χ4v) is 2.73. The molecule has 2 N–H and O–H groups in total. The van der Waals surface area contributed by atoms with Crippen LogP contribution >= 0.6 is 0 Å². The molecule has 0 aliphatic rings. The second-order valence-electron chi connectivity index (χ2n) is 6.43. The van der Waals surface area contributed by atoms with Gasteiger partial charge in [0.05, 0.1) is 5.71 Å². The van der Waals surface area contributed by atoms with Crippen LogP contribution in [0.1, 0.15) is 38.3 Å². The van der Waals surface area contributed by atoms with Crippen LogP contribution in [0.5, 0.6) is 0 Å². The first-order valence-electron chi connectivity index (χ1n) is 7.93. The molecule has 0 bridgehead atoms. The third-order valence-electron chi connectivity index (χ3n) is 3.79. The summed E-state index contributed by atoms with van der Waals surface area (Å²) in [5.74, 6) is -0.0698. The van der Waals surface area contributed by atoms with Crippen molar-refractivity contribution < 1.29 is 4.79 Å². The number of amides is 1. The fraction of sp³-hybridized carbons (Fsp3) is 0.300. The average molecular weight is 308 g/mol. The molecule has 0 radical (unpaired) electrons. The van der Waals surface area contributed by atoms with E-state index in [0.717, 1.165) is 16.8 Å². The van der Waals surface area contributed by atoms with Crippen LogP contribution in [0.15, 0.2) is 65.7 Å². The summed E-state index contributed by atoms with van der Waals surface area (Å²) in [6.07, 6.45) is 0.617. The van der Waals surface area contributed by atoms with E-state index in [4.69, 9.17) is 10.7 Å². The highest BCUT2D eigenvalue weighted by molar-refractivity contribution is 6.13. The minimum atomic E-state index is -0.921. The highest BCUT2D eigenvalue weighted by Crippen LogP contribution is 2.24. The van der Waals surface area contributed by atoms with Gasteiger partial charge in [-0.15, -0.1) is 0 Å². The molecule has 1 amide bonds. The van der Waals surface area contributed by atoms with Gasteiger partial charge in [-0.2, -0.15) is 0 Å². The van der Waals surface area contributed by atoms with Crippen LogP contribution < -0.4 is 5.73 Å². The van der Waals surface area contributed by atoms with Gasteiger partial charge in [0.25, 0.3) is 0 Å². The first kappa shape index (κ1) is 16.9. The summed E-state index contributed by atoms with van der Waals surface area (Å²) in [6, 6.07) is 19.8. The first-order valence-corrected chi connectivity index (χ1v) is 7.93. The number of nitrogens with zero attached hydrogens (tertiary/aromatic N) is 1. The van der Waals surface area contributed by atoms with Gasteiger partial charge in [0.15, 0.2) is 0 Å². The number of hydrogen-bond acceptors (Lipinski definition) is 2. The highest BCUT2D eigenvalue weighted by atomic mass is 16.1. The molecular formula is C20H24N2O. The molecule has 2 rings (SSSR count). The number of rotatable bonds is 6. The summed E-state index contributed by atoms with van der Waals surface area (Å²) in [5, 5.41) is 0. The predicted molar refractivity (Wildman–Crippen MR) is 95.6 cm³/mol. The van der Waals surface area contributed by atoms with Crippen LogP contribution in [-0.4, -0.2) is 17.2 Å². The van der Waals surface area contributed by atoms with E-state index < -0.39 is 11.4 Å². The molecule has 120 valence electrons. The van der Waals surface area contributed by atoms with Crippen molar-refractivity contribution in [3.8, 4) is 0 Å². The van der Waals surface area contributed by atoms with Crippen molar-refractivity contribution in [2.24, 2.45) is 16.6 Å². The van der Waals surface area contributed by atoms with Crippen LogP contribution in [0.4, 0.5) is 0 Å². The largest absolute Gasteiger partial charge is 0.368 e. The first-order chi connectivity index (χ1) is 10.9. The van der Waals surface area contributed by atoms with Gasteiger partial charge in [0, 0.05) is 11.1 Å². The molecule has 1 atom stereocenters. The molecule has 0 saturated heterocycles. The number of primary amides is 1. The Balaban J connectivity index is 2.59. The Labute approximate surface area is 138 Å². The zero-order valence-electron chi connectivity index (χ0n) is 14.0. The Morgan fingerprint density at radius 1 is 1.00 bits per heavy atom. The molecule has 3 heteroatoms. The van der Waals surface area contributed by atoms with Gasteiger partial charge in [0.2, 0.25) is 5.91 Å². The summed E-state index contributed by atoms with van der Waals surface area (Å²) in [7, 11) is 0. The van der Waals surface area contributed by atoms with Gasteiger partial charge in [-0.25, -0.2) is 0 Å². The summed E-state index contributed by atoms with van der Waals surface area (Å²) >= 11 is 0. The molecule has 2 aromatic rings. The topological polar surface area (TPSA) is 55.4 Å². The Morgan fingerprint density at radius 2 is 1.43 bits per heavy atom. The molecule has 2 aromatic carbocycles. The van der Waals surface area contributed by atoms with Gasteiger partial charge < -0.3 is 5.73 Å². The van der Waals surface area contributed by atoms with Crippen molar-refractivity contribution in [3.05, 3.63) is 71.8 Å². The lowest BCUT2D eigenvalue weighted by Crippen LogP contribution is -2.41. The minimum absolute atomic E-state index is 0.323. The van der Waals surface area contributed by atoms with Gasteiger partial charge in [-0.1, -0.05) is 74.5 Å². The Morgan fingerprint density at radius 3 is 1.78 bits per heavy atom. The molecule has 1 unspecified atom stereocenters. The highest BCUT2D eigenvalue weighted by Gasteiger charge is 2.32. The summed E-state index contributed by atoms with van der Waals surface area (Å²) < 4.78 is 0. The van der Waals surface area contributed by atoms with E-state index in [1.807, 2.05) is 67.6 Å². The Hall–Kier alpha value is -2.42. The number of carbonyl (C=O) groups is 1. The molecule has 0 spiro atoms. The van der Waals surface area contributed by atoms with E-state index in [2.05, 4.69) is 13.8 Å². The van der Waals surface area contributed by atoms with E-state index in [0.29, 0.717) is 12.3 Å². The lowest BCUT2D eigenvalue weighted by atomic mass is 9.89. The summed E-state index contributed by atoms with van der Waals surface area (Å²) in [6.45, 7) is 5.96. The standard InChI is InChI=1S/C20H24N2O/c1-15(2)14-20(3,19(21)23)22-18(16-10-6-4-7-11-16)17-12-8-5-9-13-17/h4-13,15H,14H2,1-3H3,(H2,21,23). The minimum Gasteiger partial charge on any atom is -0.368 e. The van der Waals surface area contributed by atoms with Gasteiger partial charge in [-0.05, 0) is 19.3 Å². The van der Waals surface area contributed by atoms with Gasteiger partial charge in [-0.3, -0.25) is 9.79 Å². The van der Waals surface area contributed by atoms with Crippen LogP contribution in [0.2, 0.25) is 0 Å². The Bertz CT molecular complexity index is 636. The lowest BCUT2D eigenvalue weighted by molar-refractivity contribution is -0.122. The van der Waals surface area contributed by atoms with E-state index in [1.165, 1.54) is 0 Å². The zero-order valence-corrected chi connectivity index (χ0v) is 14.0. The van der Waals surface area contributed by atoms with Crippen molar-refractivity contribution in [1.29, 1.82) is 0 Å². The average Bonchev–Trinajstić information content (AvgIpc) is 2.53. The molecule has 0 aliphatic carbocycles. The normalized spacial score (nSPS) is 13.4. The number of benzene rings is 2. The molecule has 0 heterocycles. The van der Waals surface area contributed by atoms with Crippen molar-refractivity contribution in [3.63, 3.8) is 0 Å². The van der Waals surface area contributed by atoms with Crippen molar-refractivity contribution in [2.45, 2.75) is 32.7 Å². The maximum absolute atomic E-state index is 12.1. The van der Waals surface area contributed by atoms with Crippen LogP contribution in [0.3, 0.4) is 0 Å². The third-order valence-corrected chi connectivity index (χ3v) is 3.79. The van der Waals surface area contributed by atoms with E-state index >= 15 is 0 Å². The van der Waals surface area contributed by atoms with Crippen molar-refractivity contribution in [1.82, 2.24) is 0 Å². The zero-order chi connectivity index (χ0) is 16.9. The van der Waals surface area contributed by atoms with Crippen LogP contribution in [0.25, 0.3) is 0 Å². The van der Waals surface area contributed by atoms with Crippen molar-refractivity contribution in [2.75, 3.05) is 0 Å². The number of aliphatic imine (C=N–C) groups is 1.